The zero-order chi connectivity index (χ0) is 8.39. The third kappa shape index (κ3) is 2.35. The molecule has 0 spiro atoms. The van der Waals surface area contributed by atoms with Crippen molar-refractivity contribution in [2.45, 2.75) is 12.5 Å². The Balaban J connectivity index is 0.000000845. The van der Waals surface area contributed by atoms with Gasteiger partial charge in [0.15, 0.2) is 5.96 Å². The van der Waals surface area contributed by atoms with Crippen LogP contribution in [0, 0.1) is 0 Å². The van der Waals surface area contributed by atoms with Gasteiger partial charge in [0, 0.05) is 6.54 Å². The first-order valence-corrected chi connectivity index (χ1v) is 4.89. The molecule has 0 amide bonds. The lowest BCUT2D eigenvalue weighted by molar-refractivity contribution is 0.570. The molecule has 0 fully saturated rings. The number of guanidine groups is 1. The number of thiophene rings is 1. The van der Waals surface area contributed by atoms with Crippen molar-refractivity contribution in [3.8, 4) is 0 Å². The highest BCUT2D eigenvalue weighted by atomic mass is 35.5. The number of halogens is 1. The maximum absolute atomic E-state index is 5.57. The predicted molar refractivity (Wildman–Crippen MR) is 58.6 cm³/mol. The number of nitrogens with zero attached hydrogens (tertiary/aromatic N) is 1. The SMILES string of the molecule is Cl.NC1=NCCC(c2ccsc2)N1. The van der Waals surface area contributed by atoms with Crippen molar-refractivity contribution in [3.05, 3.63) is 22.4 Å². The van der Waals surface area contributed by atoms with Crippen molar-refractivity contribution in [2.75, 3.05) is 6.54 Å². The van der Waals surface area contributed by atoms with Gasteiger partial charge in [0.05, 0.1) is 6.04 Å². The van der Waals surface area contributed by atoms with E-state index in [9.17, 15) is 0 Å². The maximum Gasteiger partial charge on any atom is 0.189 e. The first kappa shape index (κ1) is 10.3. The molecule has 1 aromatic heterocycles. The summed E-state index contributed by atoms with van der Waals surface area (Å²) in [5, 5.41) is 7.38. The van der Waals surface area contributed by atoms with Crippen LogP contribution in [-0.2, 0) is 0 Å². The van der Waals surface area contributed by atoms with Crippen LogP contribution in [0.25, 0.3) is 0 Å². The molecule has 1 aliphatic heterocycles. The van der Waals surface area contributed by atoms with Gasteiger partial charge in [-0.1, -0.05) is 0 Å². The van der Waals surface area contributed by atoms with E-state index in [0.717, 1.165) is 13.0 Å². The van der Waals surface area contributed by atoms with Crippen molar-refractivity contribution in [2.24, 2.45) is 10.7 Å². The quantitative estimate of drug-likeness (QED) is 0.750. The highest BCUT2D eigenvalue weighted by molar-refractivity contribution is 7.07. The summed E-state index contributed by atoms with van der Waals surface area (Å²) in [4.78, 5) is 4.08. The van der Waals surface area contributed by atoms with Crippen LogP contribution in [0.4, 0.5) is 0 Å². The molecule has 1 atom stereocenters. The van der Waals surface area contributed by atoms with Gasteiger partial charge >= 0.3 is 0 Å². The monoisotopic (exact) mass is 217 g/mol. The average molecular weight is 218 g/mol. The van der Waals surface area contributed by atoms with Gasteiger partial charge in [0.2, 0.25) is 0 Å². The molecule has 3 nitrogen and oxygen atoms in total. The molecule has 3 N–H and O–H groups in total. The summed E-state index contributed by atoms with van der Waals surface area (Å²) in [5.41, 5.74) is 6.89. The Kier molecular flexibility index (Phi) is 3.57. The number of hydrogen-bond acceptors (Lipinski definition) is 4. The van der Waals surface area contributed by atoms with Crippen molar-refractivity contribution in [1.29, 1.82) is 0 Å². The second kappa shape index (κ2) is 4.48. The summed E-state index contributed by atoms with van der Waals surface area (Å²) in [7, 11) is 0. The molecule has 5 heteroatoms. The fraction of sp³-hybridized carbons (Fsp3) is 0.375. The predicted octanol–water partition coefficient (Wildman–Crippen LogP) is 1.52. The fourth-order valence-corrected chi connectivity index (χ4v) is 2.05. The first-order valence-electron chi connectivity index (χ1n) is 3.95. The molecule has 1 aromatic rings. The highest BCUT2D eigenvalue weighted by Gasteiger charge is 2.15. The molecule has 0 saturated carbocycles. The zero-order valence-electron chi connectivity index (χ0n) is 7.06. The number of nitrogens with one attached hydrogen (secondary N) is 1. The summed E-state index contributed by atoms with van der Waals surface area (Å²) in [6, 6.07) is 2.50. The molecule has 13 heavy (non-hydrogen) atoms. The third-order valence-electron chi connectivity index (χ3n) is 1.97. The molecule has 1 unspecified atom stereocenters. The van der Waals surface area contributed by atoms with E-state index < -0.39 is 0 Å². The van der Waals surface area contributed by atoms with Crippen molar-refractivity contribution < 1.29 is 0 Å². The molecular weight excluding hydrogens is 206 g/mol. The standard InChI is InChI=1S/C8H11N3S.ClH/c9-8-10-3-1-7(11-8)6-2-4-12-5-6;/h2,4-5,7H,1,3H2,(H3,9,10,11);1H. The second-order valence-corrected chi connectivity index (χ2v) is 3.59. The number of rotatable bonds is 1. The summed E-state index contributed by atoms with van der Waals surface area (Å²) in [6.45, 7) is 0.833. The van der Waals surface area contributed by atoms with Crippen LogP contribution in [0.1, 0.15) is 18.0 Å². The van der Waals surface area contributed by atoms with Crippen molar-refractivity contribution >= 4 is 29.7 Å². The highest BCUT2D eigenvalue weighted by Crippen LogP contribution is 2.20. The molecule has 0 bridgehead atoms. The lowest BCUT2D eigenvalue weighted by Crippen LogP contribution is -2.38. The Labute approximate surface area is 87.5 Å². The van der Waals surface area contributed by atoms with Gasteiger partial charge in [0.1, 0.15) is 0 Å². The molecule has 72 valence electrons. The number of nitrogens with two attached hydrogens (primary N) is 1. The van der Waals surface area contributed by atoms with E-state index in [-0.39, 0.29) is 12.4 Å². The van der Waals surface area contributed by atoms with Gasteiger partial charge in [-0.15, -0.1) is 12.4 Å². The van der Waals surface area contributed by atoms with Crippen LogP contribution in [0.2, 0.25) is 0 Å². The average Bonchev–Trinajstić information content (AvgIpc) is 2.56. The Bertz CT molecular complexity index is 284. The summed E-state index contributed by atoms with van der Waals surface area (Å²) < 4.78 is 0. The maximum atomic E-state index is 5.57. The third-order valence-corrected chi connectivity index (χ3v) is 2.67. The first-order chi connectivity index (χ1) is 5.86. The van der Waals surface area contributed by atoms with Gasteiger partial charge in [-0.3, -0.25) is 4.99 Å². The Morgan fingerprint density at radius 3 is 3.08 bits per heavy atom. The van der Waals surface area contributed by atoms with Crippen LogP contribution in [0.5, 0.6) is 0 Å². The normalized spacial score (nSPS) is 21.2. The molecule has 2 heterocycles. The summed E-state index contributed by atoms with van der Waals surface area (Å²) in [5.74, 6) is 0.567. The topological polar surface area (TPSA) is 50.4 Å². The van der Waals surface area contributed by atoms with Gasteiger partial charge in [-0.25, -0.2) is 0 Å². The Hall–Kier alpha value is -0.740. The van der Waals surface area contributed by atoms with Crippen molar-refractivity contribution in [1.82, 2.24) is 5.32 Å². The summed E-state index contributed by atoms with van der Waals surface area (Å²) >= 11 is 1.71. The molecule has 0 saturated heterocycles. The Morgan fingerprint density at radius 1 is 1.62 bits per heavy atom. The number of aliphatic imine (C=N–C) groups is 1. The van der Waals surface area contributed by atoms with Crippen LogP contribution in [0.15, 0.2) is 21.8 Å². The lowest BCUT2D eigenvalue weighted by atomic mass is 10.1. The fourth-order valence-electron chi connectivity index (χ4n) is 1.33. The molecule has 0 radical (unpaired) electrons. The van der Waals surface area contributed by atoms with Gasteiger partial charge < -0.3 is 11.1 Å². The Morgan fingerprint density at radius 2 is 2.46 bits per heavy atom. The van der Waals surface area contributed by atoms with Crippen LogP contribution in [-0.4, -0.2) is 12.5 Å². The lowest BCUT2D eigenvalue weighted by Gasteiger charge is -2.21. The molecule has 0 aromatic carbocycles. The molecular formula is C8H12ClN3S. The summed E-state index contributed by atoms with van der Waals surface area (Å²) in [6.07, 6.45) is 1.04. The van der Waals surface area contributed by atoms with E-state index in [1.54, 1.807) is 11.3 Å². The van der Waals surface area contributed by atoms with E-state index >= 15 is 0 Å². The minimum absolute atomic E-state index is 0. The smallest absolute Gasteiger partial charge is 0.189 e. The minimum atomic E-state index is 0. The van der Waals surface area contributed by atoms with E-state index in [1.807, 2.05) is 0 Å². The molecule has 0 aliphatic carbocycles. The zero-order valence-corrected chi connectivity index (χ0v) is 8.70. The largest absolute Gasteiger partial charge is 0.370 e. The van der Waals surface area contributed by atoms with E-state index in [2.05, 4.69) is 27.1 Å². The van der Waals surface area contributed by atoms with Gasteiger partial charge in [0.25, 0.3) is 0 Å². The van der Waals surface area contributed by atoms with Gasteiger partial charge in [-0.05, 0) is 28.8 Å². The van der Waals surface area contributed by atoms with E-state index in [4.69, 9.17) is 5.73 Å². The number of hydrogen-bond donors (Lipinski definition) is 2. The van der Waals surface area contributed by atoms with Crippen LogP contribution >= 0.6 is 23.7 Å². The van der Waals surface area contributed by atoms with Gasteiger partial charge in [-0.2, -0.15) is 11.3 Å². The molecule has 2 rings (SSSR count). The minimum Gasteiger partial charge on any atom is -0.370 e. The second-order valence-electron chi connectivity index (χ2n) is 2.81. The van der Waals surface area contributed by atoms with E-state index in [1.165, 1.54) is 5.56 Å². The molecule has 1 aliphatic rings. The van der Waals surface area contributed by atoms with Crippen LogP contribution < -0.4 is 11.1 Å². The van der Waals surface area contributed by atoms with Crippen molar-refractivity contribution in [3.63, 3.8) is 0 Å². The van der Waals surface area contributed by atoms with E-state index in [0.29, 0.717) is 12.0 Å². The van der Waals surface area contributed by atoms with Crippen LogP contribution in [0.3, 0.4) is 0 Å².